The highest BCUT2D eigenvalue weighted by molar-refractivity contribution is 9.10. The maximum absolute atomic E-state index is 11.8. The maximum Gasteiger partial charge on any atom is 0.339 e. The fraction of sp³-hybridized carbons (Fsp3) is 0.333. The molecule has 0 aromatic heterocycles. The van der Waals surface area contributed by atoms with Gasteiger partial charge >= 0.3 is 5.97 Å². The molecule has 1 aliphatic heterocycles. The van der Waals surface area contributed by atoms with Gasteiger partial charge in [-0.25, -0.2) is 4.79 Å². The Morgan fingerprint density at radius 3 is 2.78 bits per heavy atom. The summed E-state index contributed by atoms with van der Waals surface area (Å²) < 4.78 is 5.35. The number of hydrogen-bond acceptors (Lipinski definition) is 3. The maximum atomic E-state index is 11.8. The first-order valence-corrected chi connectivity index (χ1v) is 7.06. The van der Waals surface area contributed by atoms with E-state index in [-0.39, 0.29) is 10.7 Å². The quantitative estimate of drug-likeness (QED) is 0.589. The smallest absolute Gasteiger partial charge is 0.339 e. The molecule has 96 valence electrons. The topological polar surface area (TPSA) is 46.6 Å². The van der Waals surface area contributed by atoms with Crippen molar-refractivity contribution in [1.29, 1.82) is 0 Å². The minimum atomic E-state index is -0.425. The van der Waals surface area contributed by atoms with E-state index in [9.17, 15) is 9.59 Å². The number of anilines is 1. The molecule has 0 N–H and O–H groups in total. The molecule has 1 amide bonds. The number of carbonyl (C=O) groups excluding carboxylic acids is 2. The zero-order chi connectivity index (χ0) is 13.3. The largest absolute Gasteiger partial charge is 0.465 e. The Bertz CT molecular complexity index is 504. The number of alkyl halides is 1. The van der Waals surface area contributed by atoms with Gasteiger partial charge in [0.25, 0.3) is 0 Å². The average molecular weight is 377 g/mol. The number of rotatable bonds is 2. The predicted octanol–water partition coefficient (Wildman–Crippen LogP) is 2.74. The van der Waals surface area contributed by atoms with Gasteiger partial charge in [0, 0.05) is 28.0 Å². The summed E-state index contributed by atoms with van der Waals surface area (Å²) in [6, 6.07) is 5.22. The molecule has 0 radical (unpaired) electrons. The number of ether oxygens (including phenoxy) is 1. The summed E-state index contributed by atoms with van der Waals surface area (Å²) >= 11 is 6.72. The van der Waals surface area contributed by atoms with Gasteiger partial charge in [-0.1, -0.05) is 15.9 Å². The highest BCUT2D eigenvalue weighted by Crippen LogP contribution is 2.29. The van der Waals surface area contributed by atoms with E-state index in [4.69, 9.17) is 4.74 Å². The molecule has 4 nitrogen and oxygen atoms in total. The molecule has 18 heavy (non-hydrogen) atoms. The molecule has 1 aromatic carbocycles. The Hall–Kier alpha value is -0.880. The fourth-order valence-electron chi connectivity index (χ4n) is 1.86. The van der Waals surface area contributed by atoms with Crippen LogP contribution in [0.15, 0.2) is 22.7 Å². The van der Waals surface area contributed by atoms with Crippen LogP contribution in [0, 0.1) is 0 Å². The first kappa shape index (κ1) is 13.5. The normalized spacial score (nSPS) is 19.2. The van der Waals surface area contributed by atoms with Gasteiger partial charge in [0.05, 0.1) is 12.7 Å². The molecular formula is C12H11Br2NO3. The van der Waals surface area contributed by atoms with Crippen molar-refractivity contribution in [2.75, 3.05) is 18.6 Å². The number of nitrogens with zero attached hydrogens (tertiary/aromatic N) is 1. The Morgan fingerprint density at radius 1 is 1.50 bits per heavy atom. The van der Waals surface area contributed by atoms with Gasteiger partial charge in [0.15, 0.2) is 0 Å². The number of esters is 1. The van der Waals surface area contributed by atoms with E-state index >= 15 is 0 Å². The number of halogens is 2. The summed E-state index contributed by atoms with van der Waals surface area (Å²) in [6.45, 7) is 0.612. The Kier molecular flexibility index (Phi) is 4.07. The van der Waals surface area contributed by atoms with Gasteiger partial charge in [-0.05, 0) is 34.1 Å². The van der Waals surface area contributed by atoms with E-state index in [1.807, 2.05) is 0 Å². The molecule has 0 spiro atoms. The van der Waals surface area contributed by atoms with E-state index in [0.29, 0.717) is 28.7 Å². The molecule has 2 rings (SSSR count). The molecule has 0 saturated carbocycles. The van der Waals surface area contributed by atoms with E-state index in [1.54, 1.807) is 23.1 Å². The van der Waals surface area contributed by atoms with Gasteiger partial charge in [0.1, 0.15) is 0 Å². The Labute approximate surface area is 122 Å². The minimum absolute atomic E-state index is 0.0509. The second-order valence-electron chi connectivity index (χ2n) is 3.96. The first-order chi connectivity index (χ1) is 8.52. The van der Waals surface area contributed by atoms with Crippen molar-refractivity contribution >= 4 is 49.4 Å². The number of carbonyl (C=O) groups is 2. The molecule has 1 atom stereocenters. The van der Waals surface area contributed by atoms with Crippen molar-refractivity contribution in [2.45, 2.75) is 11.2 Å². The van der Waals surface area contributed by atoms with E-state index in [1.165, 1.54) is 7.11 Å². The van der Waals surface area contributed by atoms with Crippen LogP contribution in [0.1, 0.15) is 16.8 Å². The number of methoxy groups -OCH3 is 1. The predicted molar refractivity (Wildman–Crippen MR) is 75.2 cm³/mol. The molecule has 1 fully saturated rings. The van der Waals surface area contributed by atoms with E-state index in [2.05, 4.69) is 31.9 Å². The van der Waals surface area contributed by atoms with Gasteiger partial charge < -0.3 is 9.64 Å². The molecule has 1 heterocycles. The summed E-state index contributed by atoms with van der Waals surface area (Å²) in [5.41, 5.74) is 1.13. The van der Waals surface area contributed by atoms with Gasteiger partial charge in [0.2, 0.25) is 5.91 Å². The van der Waals surface area contributed by atoms with Crippen LogP contribution in [-0.2, 0) is 9.53 Å². The molecular weight excluding hydrogens is 366 g/mol. The summed E-state index contributed by atoms with van der Waals surface area (Å²) in [4.78, 5) is 25.2. The van der Waals surface area contributed by atoms with Crippen LogP contribution < -0.4 is 4.90 Å². The van der Waals surface area contributed by atoms with Crippen LogP contribution in [0.3, 0.4) is 0 Å². The van der Waals surface area contributed by atoms with Crippen LogP contribution in [-0.4, -0.2) is 30.4 Å². The Morgan fingerprint density at radius 2 is 2.22 bits per heavy atom. The number of amides is 1. The zero-order valence-electron chi connectivity index (χ0n) is 9.65. The van der Waals surface area contributed by atoms with Crippen molar-refractivity contribution in [3.63, 3.8) is 0 Å². The van der Waals surface area contributed by atoms with Crippen LogP contribution in [0.2, 0.25) is 0 Å². The number of hydrogen-bond donors (Lipinski definition) is 0. The summed E-state index contributed by atoms with van der Waals surface area (Å²) in [7, 11) is 1.33. The third-order valence-corrected chi connectivity index (χ3v) is 4.05. The summed E-state index contributed by atoms with van der Waals surface area (Å²) in [5.74, 6) is -0.374. The van der Waals surface area contributed by atoms with Crippen molar-refractivity contribution in [1.82, 2.24) is 0 Å². The van der Waals surface area contributed by atoms with Crippen molar-refractivity contribution < 1.29 is 14.3 Å². The van der Waals surface area contributed by atoms with Crippen LogP contribution in [0.4, 0.5) is 5.69 Å². The SMILES string of the molecule is COC(=O)c1cc(N2CC(Br)CC2=O)ccc1Br. The molecule has 1 aromatic rings. The lowest BCUT2D eigenvalue weighted by Crippen LogP contribution is -2.24. The Balaban J connectivity index is 2.35. The van der Waals surface area contributed by atoms with Crippen molar-refractivity contribution in [3.05, 3.63) is 28.2 Å². The van der Waals surface area contributed by atoms with E-state index < -0.39 is 5.97 Å². The van der Waals surface area contributed by atoms with Gasteiger partial charge in [-0.3, -0.25) is 4.79 Å². The second-order valence-corrected chi connectivity index (χ2v) is 6.11. The lowest BCUT2D eigenvalue weighted by Gasteiger charge is -2.17. The van der Waals surface area contributed by atoms with E-state index in [0.717, 1.165) is 0 Å². The molecule has 1 aliphatic rings. The highest BCUT2D eigenvalue weighted by atomic mass is 79.9. The lowest BCUT2D eigenvalue weighted by atomic mass is 10.2. The third-order valence-electron chi connectivity index (χ3n) is 2.74. The summed E-state index contributed by atoms with van der Waals surface area (Å²) in [6.07, 6.45) is 0.476. The highest BCUT2D eigenvalue weighted by Gasteiger charge is 2.29. The molecule has 1 saturated heterocycles. The molecule has 6 heteroatoms. The lowest BCUT2D eigenvalue weighted by molar-refractivity contribution is -0.117. The van der Waals surface area contributed by atoms with Crippen LogP contribution >= 0.6 is 31.9 Å². The third kappa shape index (κ3) is 2.59. The standard InChI is InChI=1S/C12H11Br2NO3/c1-18-12(17)9-5-8(2-3-10(9)14)15-6-7(13)4-11(15)16/h2-3,5,7H,4,6H2,1H3. The minimum Gasteiger partial charge on any atom is -0.465 e. The first-order valence-electron chi connectivity index (χ1n) is 5.35. The van der Waals surface area contributed by atoms with Crippen molar-refractivity contribution in [2.24, 2.45) is 0 Å². The number of benzene rings is 1. The molecule has 0 bridgehead atoms. The molecule has 1 unspecified atom stereocenters. The summed E-state index contributed by atoms with van der Waals surface area (Å²) in [5, 5.41) is 0. The second kappa shape index (κ2) is 5.40. The zero-order valence-corrected chi connectivity index (χ0v) is 12.8. The molecule has 0 aliphatic carbocycles. The van der Waals surface area contributed by atoms with Gasteiger partial charge in [-0.2, -0.15) is 0 Å². The van der Waals surface area contributed by atoms with Crippen molar-refractivity contribution in [3.8, 4) is 0 Å². The van der Waals surface area contributed by atoms with Gasteiger partial charge in [-0.15, -0.1) is 0 Å². The average Bonchev–Trinajstić information content (AvgIpc) is 2.68. The van der Waals surface area contributed by atoms with Crippen LogP contribution in [0.25, 0.3) is 0 Å². The monoisotopic (exact) mass is 375 g/mol. The fourth-order valence-corrected chi connectivity index (χ4v) is 2.84. The van der Waals surface area contributed by atoms with Crippen LogP contribution in [0.5, 0.6) is 0 Å².